The van der Waals surface area contributed by atoms with Crippen LogP contribution in [0.4, 0.5) is 0 Å². The Morgan fingerprint density at radius 2 is 2.17 bits per heavy atom. The molecular weight excluding hydrogens is 284 g/mol. The zero-order chi connectivity index (χ0) is 16.4. The normalized spacial score (nSPS) is 48.6. The van der Waals surface area contributed by atoms with Crippen LogP contribution < -0.4 is 0 Å². The lowest BCUT2D eigenvalue weighted by Gasteiger charge is -2.51. The summed E-state index contributed by atoms with van der Waals surface area (Å²) in [6.07, 6.45) is 12.3. The number of hydrogen-bond donors (Lipinski definition) is 1. The third-order valence-corrected chi connectivity index (χ3v) is 7.63. The Morgan fingerprint density at radius 3 is 2.91 bits per heavy atom. The van der Waals surface area contributed by atoms with E-state index in [-0.39, 0.29) is 5.41 Å². The van der Waals surface area contributed by atoms with Crippen LogP contribution in [0.1, 0.15) is 52.4 Å². The van der Waals surface area contributed by atoms with E-state index < -0.39 is 5.60 Å². The third kappa shape index (κ3) is 2.00. The van der Waals surface area contributed by atoms with E-state index in [1.165, 1.54) is 5.57 Å². The largest absolute Gasteiger partial charge is 0.385 e. The summed E-state index contributed by atoms with van der Waals surface area (Å²) in [5.74, 6) is 2.51. The molecule has 2 saturated carbocycles. The van der Waals surface area contributed by atoms with Gasteiger partial charge >= 0.3 is 0 Å². The van der Waals surface area contributed by atoms with Crippen LogP contribution >= 0.6 is 0 Å². The van der Waals surface area contributed by atoms with Gasteiger partial charge in [0.15, 0.2) is 0 Å². The molecule has 0 aromatic carbocycles. The lowest BCUT2D eigenvalue weighted by molar-refractivity contribution is -0.129. The van der Waals surface area contributed by atoms with Crippen molar-refractivity contribution in [1.29, 1.82) is 0 Å². The molecule has 0 saturated heterocycles. The number of hydrogen-bond acceptors (Lipinski definition) is 2. The van der Waals surface area contributed by atoms with E-state index in [1.807, 2.05) is 6.92 Å². The molecule has 0 amide bonds. The number of carbonyl (C=O) groups excluding carboxylic acids is 1. The van der Waals surface area contributed by atoms with Gasteiger partial charge in [0.2, 0.25) is 0 Å². The van der Waals surface area contributed by atoms with Crippen LogP contribution in [0.25, 0.3) is 0 Å². The fourth-order valence-corrected chi connectivity index (χ4v) is 5.96. The third-order valence-electron chi connectivity index (χ3n) is 7.63. The van der Waals surface area contributed by atoms with Crippen LogP contribution in [0.3, 0.4) is 0 Å². The summed E-state index contributed by atoms with van der Waals surface area (Å²) >= 11 is 0. The van der Waals surface area contributed by atoms with Crippen molar-refractivity contribution >= 4 is 5.78 Å². The van der Waals surface area contributed by atoms with E-state index in [4.69, 9.17) is 0 Å². The van der Waals surface area contributed by atoms with Gasteiger partial charge in [0.05, 0.1) is 5.60 Å². The molecule has 4 aliphatic carbocycles. The Balaban J connectivity index is 1.71. The molecule has 1 N–H and O–H groups in total. The molecule has 2 nitrogen and oxygen atoms in total. The van der Waals surface area contributed by atoms with Crippen molar-refractivity contribution in [2.45, 2.75) is 58.0 Å². The van der Waals surface area contributed by atoms with Crippen molar-refractivity contribution in [2.24, 2.45) is 29.1 Å². The van der Waals surface area contributed by atoms with E-state index in [2.05, 4.69) is 31.7 Å². The van der Waals surface area contributed by atoms with Gasteiger partial charge in [-0.2, -0.15) is 0 Å². The molecule has 0 heterocycles. The minimum atomic E-state index is -0.740. The van der Waals surface area contributed by atoms with E-state index in [1.54, 1.807) is 0 Å². The summed E-state index contributed by atoms with van der Waals surface area (Å²) in [6, 6.07) is 0. The van der Waals surface area contributed by atoms with Crippen LogP contribution in [0, 0.1) is 29.1 Å². The fraction of sp³-hybridized carbons (Fsp3) is 0.667. The molecular formula is C21H28O2. The highest BCUT2D eigenvalue weighted by Gasteiger charge is 2.56. The van der Waals surface area contributed by atoms with E-state index >= 15 is 0 Å². The number of Topliss-reactive ketones (excluding diaryl/α,β-unsaturated/α-hetero) is 1. The summed E-state index contributed by atoms with van der Waals surface area (Å²) in [6.45, 7) is 8.35. The fourth-order valence-electron chi connectivity index (χ4n) is 5.96. The highest BCUT2D eigenvalue weighted by molar-refractivity contribution is 5.87. The predicted molar refractivity (Wildman–Crippen MR) is 91.8 cm³/mol. The minimum Gasteiger partial charge on any atom is -0.385 e. The number of aliphatic hydroxyl groups is 1. The molecule has 0 unspecified atom stereocenters. The van der Waals surface area contributed by atoms with Gasteiger partial charge in [-0.25, -0.2) is 0 Å². The van der Waals surface area contributed by atoms with Crippen LogP contribution in [0.5, 0.6) is 0 Å². The molecule has 4 aliphatic rings. The molecule has 124 valence electrons. The summed E-state index contributed by atoms with van der Waals surface area (Å²) in [5, 5.41) is 10.9. The summed E-state index contributed by atoms with van der Waals surface area (Å²) in [5.41, 5.74) is 1.38. The summed E-state index contributed by atoms with van der Waals surface area (Å²) in [4.78, 5) is 12.4. The molecule has 0 spiro atoms. The van der Waals surface area contributed by atoms with Crippen molar-refractivity contribution in [3.63, 3.8) is 0 Å². The monoisotopic (exact) mass is 312 g/mol. The maximum absolute atomic E-state index is 12.4. The number of ketones is 1. The molecule has 0 aromatic heterocycles. The second-order valence-electron chi connectivity index (χ2n) is 8.49. The number of rotatable bonds is 1. The smallest absolute Gasteiger partial charge is 0.139 e. The average molecular weight is 312 g/mol. The van der Waals surface area contributed by atoms with Gasteiger partial charge in [0.25, 0.3) is 0 Å². The van der Waals surface area contributed by atoms with Gasteiger partial charge in [0.1, 0.15) is 5.78 Å². The quantitative estimate of drug-likeness (QED) is 0.787. The number of allylic oxidation sites excluding steroid dienone is 3. The van der Waals surface area contributed by atoms with Crippen LogP contribution in [0.15, 0.2) is 36.0 Å². The van der Waals surface area contributed by atoms with Gasteiger partial charge in [-0.1, -0.05) is 38.7 Å². The Bertz CT molecular complexity index is 628. The second-order valence-corrected chi connectivity index (χ2v) is 8.49. The summed E-state index contributed by atoms with van der Waals surface area (Å²) < 4.78 is 0. The second kappa shape index (κ2) is 4.92. The molecule has 0 aromatic rings. The molecule has 2 fully saturated rings. The van der Waals surface area contributed by atoms with Gasteiger partial charge in [-0.15, -0.1) is 0 Å². The molecule has 0 radical (unpaired) electrons. The Kier molecular flexibility index (Phi) is 3.29. The molecule has 4 rings (SSSR count). The van der Waals surface area contributed by atoms with Crippen molar-refractivity contribution in [3.05, 3.63) is 36.0 Å². The first-order valence-electron chi connectivity index (χ1n) is 9.24. The first-order chi connectivity index (χ1) is 10.9. The van der Waals surface area contributed by atoms with Gasteiger partial charge in [0, 0.05) is 11.8 Å². The SMILES string of the molecule is C=C1C=C2C=C[C@@H]3[C@H](CC[C@]4(C)C(=O)CC[C@@H]34)[C@H]2C[C@@]1(O)CC. The molecule has 2 heteroatoms. The zero-order valence-corrected chi connectivity index (χ0v) is 14.3. The number of fused-ring (bicyclic) bond motifs is 5. The highest BCUT2D eigenvalue weighted by Crippen LogP contribution is 2.59. The maximum Gasteiger partial charge on any atom is 0.139 e. The lowest BCUT2D eigenvalue weighted by atomic mass is 9.53. The van der Waals surface area contributed by atoms with Crippen molar-refractivity contribution in [3.8, 4) is 0 Å². The Morgan fingerprint density at radius 1 is 1.39 bits per heavy atom. The average Bonchev–Trinajstić information content (AvgIpc) is 2.84. The van der Waals surface area contributed by atoms with E-state index in [0.717, 1.165) is 44.1 Å². The highest BCUT2D eigenvalue weighted by atomic mass is 16.3. The van der Waals surface area contributed by atoms with Gasteiger partial charge in [-0.3, -0.25) is 4.79 Å². The van der Waals surface area contributed by atoms with Crippen molar-refractivity contribution in [2.75, 3.05) is 0 Å². The molecule has 0 bridgehead atoms. The number of carbonyl (C=O) groups is 1. The zero-order valence-electron chi connectivity index (χ0n) is 14.3. The Hall–Kier alpha value is -1.15. The summed E-state index contributed by atoms with van der Waals surface area (Å²) in [7, 11) is 0. The van der Waals surface area contributed by atoms with Gasteiger partial charge in [-0.05, 0) is 66.9 Å². The van der Waals surface area contributed by atoms with Crippen LogP contribution in [-0.2, 0) is 4.79 Å². The Labute approximate surface area is 139 Å². The van der Waals surface area contributed by atoms with Crippen LogP contribution in [-0.4, -0.2) is 16.5 Å². The lowest BCUT2D eigenvalue weighted by Crippen LogP contribution is -2.47. The topological polar surface area (TPSA) is 37.3 Å². The first kappa shape index (κ1) is 15.4. The van der Waals surface area contributed by atoms with Gasteiger partial charge < -0.3 is 5.11 Å². The maximum atomic E-state index is 12.4. The molecule has 23 heavy (non-hydrogen) atoms. The van der Waals surface area contributed by atoms with Crippen LogP contribution in [0.2, 0.25) is 0 Å². The van der Waals surface area contributed by atoms with E-state index in [0.29, 0.717) is 29.5 Å². The van der Waals surface area contributed by atoms with Crippen molar-refractivity contribution in [1.82, 2.24) is 0 Å². The predicted octanol–water partition coefficient (Wildman–Crippen LogP) is 4.21. The molecule has 6 atom stereocenters. The first-order valence-corrected chi connectivity index (χ1v) is 9.24. The minimum absolute atomic E-state index is 0.0912. The van der Waals surface area contributed by atoms with E-state index in [9.17, 15) is 9.90 Å². The molecule has 0 aliphatic heterocycles. The van der Waals surface area contributed by atoms with Crippen molar-refractivity contribution < 1.29 is 9.90 Å². The standard InChI is InChI=1S/C21H28O2/c1-4-21(23)12-17-14(11-13(21)2)5-6-16-15(17)9-10-20(3)18(16)7-8-19(20)22/h5-6,11,15-18,23H,2,4,7-10,12H2,1,3H3/t15-,16+,17-,18-,20-,21-/m0/s1.